The van der Waals surface area contributed by atoms with Gasteiger partial charge in [-0.1, -0.05) is 0 Å². The fourth-order valence-electron chi connectivity index (χ4n) is 2.56. The van der Waals surface area contributed by atoms with E-state index in [0.717, 1.165) is 17.0 Å². The summed E-state index contributed by atoms with van der Waals surface area (Å²) in [4.78, 5) is 14.6. The van der Waals surface area contributed by atoms with Crippen LogP contribution in [0.5, 0.6) is 0 Å². The van der Waals surface area contributed by atoms with Crippen LogP contribution in [-0.2, 0) is 4.79 Å². The number of rotatable bonds is 5. The third-order valence-corrected chi connectivity index (χ3v) is 4.83. The maximum absolute atomic E-state index is 12.0. The number of carbonyl (C=O) groups is 1. The minimum Gasteiger partial charge on any atom is -0.346 e. The van der Waals surface area contributed by atoms with E-state index in [1.807, 2.05) is 24.4 Å². The van der Waals surface area contributed by atoms with E-state index in [9.17, 15) is 4.79 Å². The third kappa shape index (κ3) is 4.69. The first-order chi connectivity index (χ1) is 10.2. The molecule has 0 bridgehead atoms. The molecule has 0 aromatic carbocycles. The molecule has 112 valence electrons. The number of aryl methyl sites for hydroxylation is 1. The number of nitriles is 1. The summed E-state index contributed by atoms with van der Waals surface area (Å²) < 4.78 is 0. The molecule has 1 aromatic rings. The standard InChI is InChI=1S/C16H21N3OS/c1-13-5-10-21-15(13)11-14(12-17)16(20)18-6-9-19-7-3-2-4-8-19/h5,10-11H,2-4,6-9H2,1H3,(H,18,20)/p+1/b14-11-. The highest BCUT2D eigenvalue weighted by Crippen LogP contribution is 2.18. The molecule has 1 amide bonds. The molecule has 1 aliphatic rings. The van der Waals surface area contributed by atoms with E-state index in [4.69, 9.17) is 5.26 Å². The summed E-state index contributed by atoms with van der Waals surface area (Å²) in [6.07, 6.45) is 5.58. The van der Waals surface area contributed by atoms with E-state index >= 15 is 0 Å². The Hall–Kier alpha value is -1.64. The van der Waals surface area contributed by atoms with E-state index in [-0.39, 0.29) is 11.5 Å². The number of quaternary nitrogens is 1. The quantitative estimate of drug-likeness (QED) is 0.633. The summed E-state index contributed by atoms with van der Waals surface area (Å²) in [5.41, 5.74) is 1.28. The van der Waals surface area contributed by atoms with Crippen molar-refractivity contribution in [3.8, 4) is 6.07 Å². The van der Waals surface area contributed by atoms with Crippen molar-refractivity contribution < 1.29 is 9.69 Å². The highest BCUT2D eigenvalue weighted by Gasteiger charge is 2.14. The van der Waals surface area contributed by atoms with E-state index in [1.165, 1.54) is 32.4 Å². The number of carbonyl (C=O) groups excluding carboxylic acids is 1. The molecule has 2 rings (SSSR count). The summed E-state index contributed by atoms with van der Waals surface area (Å²) in [7, 11) is 0. The van der Waals surface area contributed by atoms with Crippen molar-refractivity contribution in [3.05, 3.63) is 27.5 Å². The second-order valence-electron chi connectivity index (χ2n) is 5.45. The van der Waals surface area contributed by atoms with Crippen LogP contribution in [0.3, 0.4) is 0 Å². The number of hydrogen-bond donors (Lipinski definition) is 2. The second kappa shape index (κ2) is 7.96. The van der Waals surface area contributed by atoms with Gasteiger partial charge in [-0.25, -0.2) is 0 Å². The SMILES string of the molecule is Cc1ccsc1/C=C(/C#N)C(=O)NCC[NH+]1CCCCC1. The van der Waals surface area contributed by atoms with Gasteiger partial charge in [0.2, 0.25) is 0 Å². The van der Waals surface area contributed by atoms with Crippen LogP contribution < -0.4 is 10.2 Å². The number of hydrogen-bond acceptors (Lipinski definition) is 3. The Kier molecular flexibility index (Phi) is 5.97. The van der Waals surface area contributed by atoms with Crippen molar-refractivity contribution in [1.29, 1.82) is 5.26 Å². The lowest BCUT2D eigenvalue weighted by molar-refractivity contribution is -0.903. The second-order valence-corrected chi connectivity index (χ2v) is 6.40. The Labute approximate surface area is 130 Å². The van der Waals surface area contributed by atoms with Gasteiger partial charge in [0.15, 0.2) is 0 Å². The van der Waals surface area contributed by atoms with Gasteiger partial charge in [-0.3, -0.25) is 4.79 Å². The van der Waals surface area contributed by atoms with Crippen LogP contribution in [0, 0.1) is 18.3 Å². The van der Waals surface area contributed by atoms with Crippen molar-refractivity contribution >= 4 is 23.3 Å². The average molecular weight is 304 g/mol. The molecule has 1 aliphatic heterocycles. The van der Waals surface area contributed by atoms with Gasteiger partial charge >= 0.3 is 0 Å². The smallest absolute Gasteiger partial charge is 0.262 e. The van der Waals surface area contributed by atoms with E-state index in [2.05, 4.69) is 5.32 Å². The zero-order valence-electron chi connectivity index (χ0n) is 12.4. The zero-order valence-corrected chi connectivity index (χ0v) is 13.3. The van der Waals surface area contributed by atoms with Crippen LogP contribution in [0.15, 0.2) is 17.0 Å². The first-order valence-electron chi connectivity index (χ1n) is 7.48. The Balaban J connectivity index is 1.84. The molecule has 0 atom stereocenters. The first kappa shape index (κ1) is 15.7. The maximum Gasteiger partial charge on any atom is 0.262 e. The van der Waals surface area contributed by atoms with Crippen LogP contribution in [-0.4, -0.2) is 32.1 Å². The summed E-state index contributed by atoms with van der Waals surface area (Å²) in [6.45, 7) is 5.96. The van der Waals surface area contributed by atoms with Gasteiger partial charge in [-0.05, 0) is 49.3 Å². The molecule has 0 spiro atoms. The summed E-state index contributed by atoms with van der Waals surface area (Å²) in [5, 5.41) is 14.0. The third-order valence-electron chi connectivity index (χ3n) is 3.87. The molecular formula is C16H22N3OS+. The molecule has 1 aromatic heterocycles. The topological polar surface area (TPSA) is 57.3 Å². The molecule has 5 heteroatoms. The minimum atomic E-state index is -0.262. The molecule has 1 fully saturated rings. The predicted molar refractivity (Wildman–Crippen MR) is 85.1 cm³/mol. The van der Waals surface area contributed by atoms with Crippen molar-refractivity contribution in [1.82, 2.24) is 5.32 Å². The lowest BCUT2D eigenvalue weighted by atomic mass is 10.1. The van der Waals surface area contributed by atoms with Gasteiger partial charge in [0.25, 0.3) is 5.91 Å². The minimum absolute atomic E-state index is 0.189. The Morgan fingerprint density at radius 2 is 2.24 bits per heavy atom. The Bertz CT molecular complexity index is 550. The largest absolute Gasteiger partial charge is 0.346 e. The molecule has 0 unspecified atom stereocenters. The molecule has 0 aliphatic carbocycles. The fourth-order valence-corrected chi connectivity index (χ4v) is 3.42. The summed E-state index contributed by atoms with van der Waals surface area (Å²) in [6, 6.07) is 3.99. The molecular weight excluding hydrogens is 282 g/mol. The lowest BCUT2D eigenvalue weighted by Crippen LogP contribution is -3.13. The molecule has 1 saturated heterocycles. The van der Waals surface area contributed by atoms with Crippen LogP contribution >= 0.6 is 11.3 Å². The lowest BCUT2D eigenvalue weighted by Gasteiger charge is -2.23. The molecule has 2 N–H and O–H groups in total. The number of nitrogens with zero attached hydrogens (tertiary/aromatic N) is 1. The molecule has 21 heavy (non-hydrogen) atoms. The molecule has 0 saturated carbocycles. The average Bonchev–Trinajstić information content (AvgIpc) is 2.91. The predicted octanol–water partition coefficient (Wildman–Crippen LogP) is 1.15. The fraction of sp³-hybridized carbons (Fsp3) is 0.500. The van der Waals surface area contributed by atoms with Crippen LogP contribution in [0.25, 0.3) is 6.08 Å². The highest BCUT2D eigenvalue weighted by molar-refractivity contribution is 7.11. The van der Waals surface area contributed by atoms with Gasteiger partial charge in [0, 0.05) is 4.88 Å². The van der Waals surface area contributed by atoms with E-state index in [0.29, 0.717) is 6.54 Å². The first-order valence-corrected chi connectivity index (χ1v) is 8.36. The number of amides is 1. The Morgan fingerprint density at radius 1 is 1.48 bits per heavy atom. The van der Waals surface area contributed by atoms with E-state index < -0.39 is 0 Å². The monoisotopic (exact) mass is 304 g/mol. The normalized spacial score (nSPS) is 16.5. The van der Waals surface area contributed by atoms with Gasteiger partial charge in [0.05, 0.1) is 26.2 Å². The number of nitrogens with one attached hydrogen (secondary N) is 2. The zero-order chi connectivity index (χ0) is 15.1. The van der Waals surface area contributed by atoms with Crippen molar-refractivity contribution in [2.45, 2.75) is 26.2 Å². The molecule has 0 radical (unpaired) electrons. The number of thiophene rings is 1. The van der Waals surface area contributed by atoms with Crippen LogP contribution in [0.4, 0.5) is 0 Å². The highest BCUT2D eigenvalue weighted by atomic mass is 32.1. The van der Waals surface area contributed by atoms with Crippen LogP contribution in [0.1, 0.15) is 29.7 Å². The van der Waals surface area contributed by atoms with Gasteiger partial charge < -0.3 is 10.2 Å². The van der Waals surface area contributed by atoms with Gasteiger partial charge in [-0.2, -0.15) is 5.26 Å². The molecule has 2 heterocycles. The summed E-state index contributed by atoms with van der Waals surface area (Å²) >= 11 is 1.55. The van der Waals surface area contributed by atoms with Gasteiger partial charge in [0.1, 0.15) is 11.6 Å². The summed E-state index contributed by atoms with van der Waals surface area (Å²) in [5.74, 6) is -0.262. The van der Waals surface area contributed by atoms with Crippen molar-refractivity contribution in [3.63, 3.8) is 0 Å². The van der Waals surface area contributed by atoms with Crippen LogP contribution in [0.2, 0.25) is 0 Å². The van der Waals surface area contributed by atoms with E-state index in [1.54, 1.807) is 22.3 Å². The van der Waals surface area contributed by atoms with Crippen molar-refractivity contribution in [2.24, 2.45) is 0 Å². The maximum atomic E-state index is 12.0. The number of piperidine rings is 1. The van der Waals surface area contributed by atoms with Gasteiger partial charge in [-0.15, -0.1) is 11.3 Å². The Morgan fingerprint density at radius 3 is 2.86 bits per heavy atom. The molecule has 4 nitrogen and oxygen atoms in total. The number of likely N-dealkylation sites (tertiary alicyclic amines) is 1. The van der Waals surface area contributed by atoms with Crippen molar-refractivity contribution in [2.75, 3.05) is 26.2 Å².